The molecular weight excluding hydrogens is 199 g/mol. The Kier molecular flexibility index (Phi) is 2.91. The summed E-state index contributed by atoms with van der Waals surface area (Å²) in [6.45, 7) is -3.18. The zero-order valence-electron chi connectivity index (χ0n) is 7.03. The molecule has 0 aliphatic heterocycles. The molecule has 0 nitrogen and oxygen atoms in total. The minimum absolute atomic E-state index is 0.264. The Balaban J connectivity index is 2.96. The van der Waals surface area contributed by atoms with Crippen molar-refractivity contribution in [2.75, 3.05) is 0 Å². The van der Waals surface area contributed by atoms with E-state index in [9.17, 15) is 12.9 Å². The molecule has 0 saturated heterocycles. The predicted octanol–water partition coefficient (Wildman–Crippen LogP) is 3.58. The van der Waals surface area contributed by atoms with Crippen LogP contribution in [-0.4, -0.2) is 6.98 Å². The van der Waals surface area contributed by atoms with Gasteiger partial charge in [0.2, 0.25) is 0 Å². The highest BCUT2D eigenvalue weighted by molar-refractivity contribution is 6.57. The molecule has 72 valence electrons. The van der Waals surface area contributed by atoms with Crippen LogP contribution in [0.4, 0.5) is 12.9 Å². The Hall–Kier alpha value is -0.635. The summed E-state index contributed by atoms with van der Waals surface area (Å²) in [5.74, 6) is 0. The lowest BCUT2D eigenvalue weighted by Crippen LogP contribution is -2.19. The van der Waals surface area contributed by atoms with E-state index in [2.05, 4.69) is 0 Å². The van der Waals surface area contributed by atoms with E-state index >= 15 is 0 Å². The van der Waals surface area contributed by atoms with Crippen molar-refractivity contribution in [3.63, 3.8) is 0 Å². The molecule has 13 heavy (non-hydrogen) atoms. The van der Waals surface area contributed by atoms with Gasteiger partial charge in [-0.2, -0.15) is 0 Å². The van der Waals surface area contributed by atoms with E-state index in [0.717, 1.165) is 0 Å². The maximum Gasteiger partial charge on any atom is 0.482 e. The molecule has 0 atom stereocenters. The molecule has 5 heteroatoms. The van der Waals surface area contributed by atoms with Crippen LogP contribution < -0.4 is 0 Å². The van der Waals surface area contributed by atoms with E-state index in [4.69, 9.17) is 11.6 Å². The highest BCUT2D eigenvalue weighted by Gasteiger charge is 2.24. The largest absolute Gasteiger partial charge is 0.482 e. The van der Waals surface area contributed by atoms with Gasteiger partial charge < -0.3 is 12.9 Å². The lowest BCUT2D eigenvalue weighted by molar-refractivity contribution is 0.468. The summed E-state index contributed by atoms with van der Waals surface area (Å²) in [5.41, 5.74) is 0.781. The van der Waals surface area contributed by atoms with Crippen LogP contribution in [0.25, 0.3) is 0 Å². The third-order valence-corrected chi connectivity index (χ3v) is 2.24. The fourth-order valence-electron chi connectivity index (χ4n) is 1.12. The summed E-state index contributed by atoms with van der Waals surface area (Å²) in [5, 5.41) is 0.387. The Labute approximate surface area is 79.8 Å². The van der Waals surface area contributed by atoms with Gasteiger partial charge in [0.05, 0.1) is 0 Å². The van der Waals surface area contributed by atoms with Gasteiger partial charge in [-0.1, -0.05) is 35.6 Å². The molecule has 0 radical (unpaired) electrons. The molecule has 0 spiro atoms. The van der Waals surface area contributed by atoms with Gasteiger partial charge in [0.15, 0.2) is 0 Å². The molecule has 1 rings (SSSR count). The van der Waals surface area contributed by atoms with Crippen LogP contribution in [0.2, 0.25) is 5.02 Å². The topological polar surface area (TPSA) is 0 Å². The van der Waals surface area contributed by atoms with Gasteiger partial charge in [-0.25, -0.2) is 0 Å². The van der Waals surface area contributed by atoms with E-state index < -0.39 is 13.3 Å². The van der Waals surface area contributed by atoms with Gasteiger partial charge in [-0.15, -0.1) is 0 Å². The summed E-state index contributed by atoms with van der Waals surface area (Å²) in [7, 11) is 0. The van der Waals surface area contributed by atoms with Crippen LogP contribution in [0.3, 0.4) is 0 Å². The number of benzene rings is 1. The lowest BCUT2D eigenvalue weighted by atomic mass is 9.80. The van der Waals surface area contributed by atoms with Gasteiger partial charge in [0, 0.05) is 5.02 Å². The van der Waals surface area contributed by atoms with Crippen LogP contribution in [0.1, 0.15) is 11.1 Å². The fourth-order valence-corrected chi connectivity index (χ4v) is 1.32. The van der Waals surface area contributed by atoms with Crippen molar-refractivity contribution in [3.8, 4) is 0 Å². The maximum atomic E-state index is 12.1. The van der Waals surface area contributed by atoms with E-state index in [1.807, 2.05) is 0 Å². The number of rotatable bonds is 2. The van der Waals surface area contributed by atoms with Crippen molar-refractivity contribution in [1.29, 1.82) is 0 Å². The van der Waals surface area contributed by atoms with Gasteiger partial charge >= 0.3 is 6.98 Å². The molecule has 0 amide bonds. The normalized spacial score (nSPS) is 11.8. The highest BCUT2D eigenvalue weighted by Crippen LogP contribution is 2.23. The van der Waals surface area contributed by atoms with Gasteiger partial charge in [-0.3, -0.25) is 0 Å². The van der Waals surface area contributed by atoms with Crippen LogP contribution in [0.5, 0.6) is 0 Å². The van der Waals surface area contributed by atoms with Crippen molar-refractivity contribution in [2.24, 2.45) is 0 Å². The third kappa shape index (κ3) is 2.96. The molecule has 0 aromatic heterocycles. The minimum atomic E-state index is -4.77. The number of hydrogen-bond acceptors (Lipinski definition) is 0. The average molecular weight is 207 g/mol. The van der Waals surface area contributed by atoms with Crippen LogP contribution in [0, 0.1) is 6.92 Å². The van der Waals surface area contributed by atoms with Crippen LogP contribution in [0.15, 0.2) is 18.2 Å². The fraction of sp³-hybridized carbons (Fsp3) is 0.250. The molecule has 0 heterocycles. The van der Waals surface area contributed by atoms with Crippen molar-refractivity contribution < 1.29 is 12.9 Å². The van der Waals surface area contributed by atoms with Crippen LogP contribution >= 0.6 is 11.6 Å². The quantitative estimate of drug-likeness (QED) is 0.650. The first-order valence-corrected chi connectivity index (χ1v) is 4.23. The number of halogens is 4. The third-order valence-electron chi connectivity index (χ3n) is 1.83. The molecule has 1 aromatic carbocycles. The summed E-state index contributed by atoms with van der Waals surface area (Å²) < 4.78 is 36.2. The molecule has 0 N–H and O–H groups in total. The monoisotopic (exact) mass is 207 g/mol. The first-order chi connectivity index (χ1) is 5.90. The Morgan fingerprint density at radius 3 is 2.46 bits per heavy atom. The summed E-state index contributed by atoms with van der Waals surface area (Å²) >= 11 is 5.68. The first kappa shape index (κ1) is 10.4. The Bertz CT molecular complexity index is 309. The molecule has 0 fully saturated rings. The molecule has 0 unspecified atom stereocenters. The summed E-state index contributed by atoms with van der Waals surface area (Å²) in [6, 6.07) is 4.58. The maximum absolute atomic E-state index is 12.1. The molecular formula is C8H8BClF3-. The Morgan fingerprint density at radius 2 is 1.92 bits per heavy atom. The average Bonchev–Trinajstić information content (AvgIpc) is 1.96. The number of hydrogen-bond donors (Lipinski definition) is 0. The first-order valence-electron chi connectivity index (χ1n) is 3.85. The predicted molar refractivity (Wildman–Crippen MR) is 49.0 cm³/mol. The van der Waals surface area contributed by atoms with Gasteiger partial charge in [-0.05, 0) is 18.6 Å². The second-order valence-electron chi connectivity index (χ2n) is 2.94. The SMILES string of the molecule is Cc1c(Cl)cccc1C[B-](F)(F)F. The van der Waals surface area contributed by atoms with Gasteiger partial charge in [0.1, 0.15) is 0 Å². The molecule has 0 aliphatic rings. The smallest absolute Gasteiger partial charge is 0.449 e. The van der Waals surface area contributed by atoms with E-state index in [0.29, 0.717) is 10.6 Å². The van der Waals surface area contributed by atoms with Crippen molar-refractivity contribution in [2.45, 2.75) is 13.2 Å². The van der Waals surface area contributed by atoms with Crippen molar-refractivity contribution in [1.82, 2.24) is 0 Å². The van der Waals surface area contributed by atoms with E-state index in [1.54, 1.807) is 13.0 Å². The standard InChI is InChI=1S/C8H8BClF3/c1-6-7(5-9(11,12)13)3-2-4-8(6)10/h2-4H,5H2,1H3/q-1. The summed E-state index contributed by atoms with van der Waals surface area (Å²) in [6.07, 6.45) is -0.855. The van der Waals surface area contributed by atoms with Crippen LogP contribution in [-0.2, 0) is 6.32 Å². The zero-order valence-corrected chi connectivity index (χ0v) is 7.78. The molecule has 0 aliphatic carbocycles. The summed E-state index contributed by atoms with van der Waals surface area (Å²) in [4.78, 5) is 0. The highest BCUT2D eigenvalue weighted by atomic mass is 35.5. The van der Waals surface area contributed by atoms with E-state index in [-0.39, 0.29) is 5.56 Å². The van der Waals surface area contributed by atoms with Crippen molar-refractivity contribution in [3.05, 3.63) is 34.3 Å². The molecule has 1 aromatic rings. The van der Waals surface area contributed by atoms with Crippen molar-refractivity contribution >= 4 is 18.6 Å². The van der Waals surface area contributed by atoms with E-state index in [1.165, 1.54) is 12.1 Å². The zero-order chi connectivity index (χ0) is 10.1. The lowest BCUT2D eigenvalue weighted by Gasteiger charge is -2.15. The minimum Gasteiger partial charge on any atom is -0.449 e. The molecule has 0 bridgehead atoms. The van der Waals surface area contributed by atoms with Gasteiger partial charge in [0.25, 0.3) is 0 Å². The second kappa shape index (κ2) is 3.62. The Morgan fingerprint density at radius 1 is 1.31 bits per heavy atom. The molecule has 0 saturated carbocycles. The second-order valence-corrected chi connectivity index (χ2v) is 3.35.